The molecule has 4 heteroatoms. The summed E-state index contributed by atoms with van der Waals surface area (Å²) in [6, 6.07) is 4.08. The van der Waals surface area contributed by atoms with Crippen LogP contribution in [-0.4, -0.2) is 33.0 Å². The Hall–Kier alpha value is -1.42. The molecule has 1 saturated heterocycles. The fourth-order valence-corrected chi connectivity index (χ4v) is 4.08. The number of hydrogen-bond donors (Lipinski definition) is 1. The minimum absolute atomic E-state index is 0.342. The van der Waals surface area contributed by atoms with Crippen molar-refractivity contribution < 1.29 is 9.90 Å². The van der Waals surface area contributed by atoms with Gasteiger partial charge in [0.15, 0.2) is 0 Å². The molecule has 3 atom stereocenters. The Labute approximate surface area is 126 Å². The maximum Gasteiger partial charge on any atom is 0.320 e. The first-order chi connectivity index (χ1) is 10.2. The van der Waals surface area contributed by atoms with Crippen LogP contribution in [-0.2, 0) is 11.3 Å². The largest absolute Gasteiger partial charge is 0.480 e. The van der Waals surface area contributed by atoms with Gasteiger partial charge in [-0.25, -0.2) is 0 Å². The van der Waals surface area contributed by atoms with Crippen LogP contribution in [0, 0.1) is 12.8 Å². The number of fused-ring (bicyclic) bond motifs is 1. The lowest BCUT2D eigenvalue weighted by atomic mass is 9.76. The molecule has 3 rings (SSSR count). The molecule has 1 N–H and O–H groups in total. The Morgan fingerprint density at radius 3 is 2.90 bits per heavy atom. The van der Waals surface area contributed by atoms with Gasteiger partial charge in [0.25, 0.3) is 0 Å². The highest BCUT2D eigenvalue weighted by molar-refractivity contribution is 5.73. The van der Waals surface area contributed by atoms with Crippen LogP contribution >= 0.6 is 0 Å². The van der Waals surface area contributed by atoms with Gasteiger partial charge in [0.2, 0.25) is 0 Å². The average molecular weight is 288 g/mol. The van der Waals surface area contributed by atoms with Gasteiger partial charge in [0.05, 0.1) is 5.69 Å². The number of nitrogens with zero attached hydrogens (tertiary/aromatic N) is 2. The predicted molar refractivity (Wildman–Crippen MR) is 80.9 cm³/mol. The highest BCUT2D eigenvalue weighted by atomic mass is 16.4. The van der Waals surface area contributed by atoms with Gasteiger partial charge < -0.3 is 5.11 Å². The molecule has 0 aromatic carbocycles. The lowest BCUT2D eigenvalue weighted by Crippen LogP contribution is -2.54. The van der Waals surface area contributed by atoms with Gasteiger partial charge in [-0.3, -0.25) is 14.7 Å². The van der Waals surface area contributed by atoms with E-state index in [-0.39, 0.29) is 6.04 Å². The van der Waals surface area contributed by atoms with Gasteiger partial charge in [0, 0.05) is 18.8 Å². The summed E-state index contributed by atoms with van der Waals surface area (Å²) in [5.41, 5.74) is 2.18. The SMILES string of the molecule is Cc1cccnc1CN1C(C(=O)O)CCC2CCCCC21. The van der Waals surface area contributed by atoms with E-state index in [1.54, 1.807) is 6.20 Å². The zero-order chi connectivity index (χ0) is 14.8. The van der Waals surface area contributed by atoms with E-state index in [4.69, 9.17) is 0 Å². The van der Waals surface area contributed by atoms with Gasteiger partial charge in [-0.15, -0.1) is 0 Å². The summed E-state index contributed by atoms with van der Waals surface area (Å²) in [6.45, 7) is 2.73. The summed E-state index contributed by atoms with van der Waals surface area (Å²) < 4.78 is 0. The van der Waals surface area contributed by atoms with Gasteiger partial charge >= 0.3 is 5.97 Å². The quantitative estimate of drug-likeness (QED) is 0.929. The Kier molecular flexibility index (Phi) is 4.24. The van der Waals surface area contributed by atoms with Crippen molar-refractivity contribution in [1.82, 2.24) is 9.88 Å². The van der Waals surface area contributed by atoms with Crippen molar-refractivity contribution in [2.75, 3.05) is 0 Å². The smallest absolute Gasteiger partial charge is 0.320 e. The van der Waals surface area contributed by atoms with E-state index in [1.165, 1.54) is 19.3 Å². The molecule has 2 fully saturated rings. The zero-order valence-corrected chi connectivity index (χ0v) is 12.7. The molecule has 2 heterocycles. The Morgan fingerprint density at radius 2 is 2.14 bits per heavy atom. The summed E-state index contributed by atoms with van der Waals surface area (Å²) in [5.74, 6) is 0.00553. The van der Waals surface area contributed by atoms with E-state index in [0.717, 1.165) is 30.5 Å². The van der Waals surface area contributed by atoms with Gasteiger partial charge in [-0.2, -0.15) is 0 Å². The van der Waals surface area contributed by atoms with Crippen LogP contribution in [0.5, 0.6) is 0 Å². The normalized spacial score (nSPS) is 29.9. The van der Waals surface area contributed by atoms with Crippen LogP contribution in [0.15, 0.2) is 18.3 Å². The molecule has 1 aliphatic heterocycles. The number of carboxylic acid groups (broad SMARTS) is 1. The molecule has 4 nitrogen and oxygen atoms in total. The van der Waals surface area contributed by atoms with E-state index in [9.17, 15) is 9.90 Å². The zero-order valence-electron chi connectivity index (χ0n) is 12.7. The Balaban J connectivity index is 1.85. The minimum Gasteiger partial charge on any atom is -0.480 e. The summed E-state index contributed by atoms with van der Waals surface area (Å²) in [6.07, 6.45) is 8.58. The standard InChI is InChI=1S/C17H24N2O2/c1-12-5-4-10-18-14(12)11-19-15-7-3-2-6-13(15)8-9-16(19)17(20)21/h4-5,10,13,15-16H,2-3,6-9,11H2,1H3,(H,20,21). The number of aromatic nitrogens is 1. The van der Waals surface area contributed by atoms with Crippen molar-refractivity contribution in [3.05, 3.63) is 29.6 Å². The molecule has 3 unspecified atom stereocenters. The number of rotatable bonds is 3. The van der Waals surface area contributed by atoms with E-state index >= 15 is 0 Å². The number of piperidine rings is 1. The van der Waals surface area contributed by atoms with Gasteiger partial charge in [-0.1, -0.05) is 18.9 Å². The van der Waals surface area contributed by atoms with Crippen LogP contribution in [0.1, 0.15) is 49.8 Å². The number of carbonyl (C=O) groups is 1. The summed E-state index contributed by atoms with van der Waals surface area (Å²) in [4.78, 5) is 18.3. The average Bonchev–Trinajstić information content (AvgIpc) is 2.49. The van der Waals surface area contributed by atoms with Crippen molar-refractivity contribution >= 4 is 5.97 Å². The van der Waals surface area contributed by atoms with Crippen molar-refractivity contribution in [3.63, 3.8) is 0 Å². The number of pyridine rings is 1. The van der Waals surface area contributed by atoms with Crippen molar-refractivity contribution in [2.45, 2.75) is 64.1 Å². The van der Waals surface area contributed by atoms with Crippen LogP contribution in [0.2, 0.25) is 0 Å². The molecular formula is C17H24N2O2. The van der Waals surface area contributed by atoms with E-state index in [0.29, 0.717) is 18.5 Å². The van der Waals surface area contributed by atoms with Crippen molar-refractivity contribution in [2.24, 2.45) is 5.92 Å². The molecule has 1 aromatic heterocycles. The Bertz CT molecular complexity index is 517. The van der Waals surface area contributed by atoms with E-state index < -0.39 is 5.97 Å². The van der Waals surface area contributed by atoms with Crippen LogP contribution in [0.4, 0.5) is 0 Å². The van der Waals surface area contributed by atoms with Crippen molar-refractivity contribution in [3.8, 4) is 0 Å². The van der Waals surface area contributed by atoms with Crippen LogP contribution in [0.25, 0.3) is 0 Å². The topological polar surface area (TPSA) is 53.4 Å². The van der Waals surface area contributed by atoms with Crippen molar-refractivity contribution in [1.29, 1.82) is 0 Å². The molecule has 2 aliphatic rings. The second-order valence-electron chi connectivity index (χ2n) is 6.48. The number of aryl methyl sites for hydroxylation is 1. The number of aliphatic carboxylic acids is 1. The molecular weight excluding hydrogens is 264 g/mol. The second-order valence-corrected chi connectivity index (χ2v) is 6.48. The van der Waals surface area contributed by atoms with Gasteiger partial charge in [0.1, 0.15) is 6.04 Å². The fraction of sp³-hybridized carbons (Fsp3) is 0.647. The predicted octanol–water partition coefficient (Wildman–Crippen LogP) is 3.00. The highest BCUT2D eigenvalue weighted by Gasteiger charge is 2.41. The molecule has 0 radical (unpaired) electrons. The maximum atomic E-state index is 11.7. The summed E-state index contributed by atoms with van der Waals surface area (Å²) >= 11 is 0. The lowest BCUT2D eigenvalue weighted by Gasteiger charge is -2.47. The van der Waals surface area contributed by atoms with E-state index in [2.05, 4.69) is 22.9 Å². The summed E-state index contributed by atoms with van der Waals surface area (Å²) in [5, 5.41) is 9.58. The molecule has 0 spiro atoms. The third-order valence-corrected chi connectivity index (χ3v) is 5.24. The molecule has 21 heavy (non-hydrogen) atoms. The number of likely N-dealkylation sites (tertiary alicyclic amines) is 1. The van der Waals surface area contributed by atoms with Crippen LogP contribution in [0.3, 0.4) is 0 Å². The fourth-order valence-electron chi connectivity index (χ4n) is 4.08. The third-order valence-electron chi connectivity index (χ3n) is 5.24. The Morgan fingerprint density at radius 1 is 1.33 bits per heavy atom. The van der Waals surface area contributed by atoms with Gasteiger partial charge in [-0.05, 0) is 50.2 Å². The number of hydrogen-bond acceptors (Lipinski definition) is 3. The molecule has 1 saturated carbocycles. The second kappa shape index (κ2) is 6.14. The molecule has 1 aliphatic carbocycles. The maximum absolute atomic E-state index is 11.7. The lowest BCUT2D eigenvalue weighted by molar-refractivity contribution is -0.148. The highest BCUT2D eigenvalue weighted by Crippen LogP contribution is 2.38. The third kappa shape index (κ3) is 2.95. The molecule has 114 valence electrons. The first-order valence-corrected chi connectivity index (χ1v) is 8.06. The first kappa shape index (κ1) is 14.5. The molecule has 0 amide bonds. The molecule has 0 bridgehead atoms. The minimum atomic E-state index is -0.674. The summed E-state index contributed by atoms with van der Waals surface area (Å²) in [7, 11) is 0. The first-order valence-electron chi connectivity index (χ1n) is 8.06. The van der Waals surface area contributed by atoms with E-state index in [1.807, 2.05) is 6.07 Å². The molecule has 1 aromatic rings. The number of carboxylic acids is 1. The van der Waals surface area contributed by atoms with Crippen LogP contribution < -0.4 is 0 Å². The monoisotopic (exact) mass is 288 g/mol.